The molecule has 2 aromatic carbocycles. The predicted molar refractivity (Wildman–Crippen MR) is 75.8 cm³/mol. The largest absolute Gasteiger partial charge is 0.486 e. The van der Waals surface area contributed by atoms with E-state index in [1.54, 1.807) is 0 Å². The van der Waals surface area contributed by atoms with Crippen molar-refractivity contribution >= 4 is 21.8 Å². The van der Waals surface area contributed by atoms with E-state index in [0.29, 0.717) is 0 Å². The van der Waals surface area contributed by atoms with Crippen molar-refractivity contribution in [3.63, 3.8) is 0 Å². The van der Waals surface area contributed by atoms with Crippen LogP contribution in [-0.4, -0.2) is 5.84 Å². The molecular weight excluding hydrogens is 349 g/mol. The number of nitrogen functional groups attached to an aromatic ring is 1. The van der Waals surface area contributed by atoms with E-state index in [1.807, 2.05) is 0 Å². The van der Waals surface area contributed by atoms with Gasteiger partial charge in [-0.1, -0.05) is 0 Å². The first-order chi connectivity index (χ1) is 9.90. The van der Waals surface area contributed by atoms with Gasteiger partial charge >= 0.3 is 0 Å². The minimum Gasteiger partial charge on any atom is -0.486 e. The van der Waals surface area contributed by atoms with E-state index in [0.717, 1.165) is 12.1 Å². The van der Waals surface area contributed by atoms with Gasteiger partial charge in [0.05, 0.1) is 10.0 Å². The lowest BCUT2D eigenvalue weighted by Crippen LogP contribution is -2.11. The first kappa shape index (κ1) is 15.4. The molecule has 0 saturated carbocycles. The summed E-state index contributed by atoms with van der Waals surface area (Å²) in [5.74, 6) is -2.81. The van der Waals surface area contributed by atoms with Gasteiger partial charge in [0.2, 0.25) is 0 Å². The van der Waals surface area contributed by atoms with Crippen LogP contribution in [0.25, 0.3) is 0 Å². The van der Waals surface area contributed by atoms with Crippen LogP contribution in [0.3, 0.4) is 0 Å². The zero-order valence-corrected chi connectivity index (χ0v) is 12.2. The summed E-state index contributed by atoms with van der Waals surface area (Å²) >= 11 is 2.94. The Hall–Kier alpha value is -2.02. The van der Waals surface area contributed by atoms with Gasteiger partial charge in [0.25, 0.3) is 0 Å². The summed E-state index contributed by atoms with van der Waals surface area (Å²) in [4.78, 5) is 0. The van der Waals surface area contributed by atoms with Crippen LogP contribution in [0.1, 0.15) is 11.1 Å². The van der Waals surface area contributed by atoms with Crippen LogP contribution in [-0.2, 0) is 6.61 Å². The van der Waals surface area contributed by atoms with Gasteiger partial charge in [-0.05, 0) is 46.3 Å². The number of ether oxygens (including phenoxy) is 1. The second kappa shape index (κ2) is 6.17. The molecule has 0 spiro atoms. The predicted octanol–water partition coefficient (Wildman–Crippen LogP) is 3.73. The van der Waals surface area contributed by atoms with Crippen molar-refractivity contribution in [2.75, 3.05) is 0 Å². The molecule has 0 aromatic heterocycles. The minimum atomic E-state index is -0.796. The number of halogens is 4. The number of rotatable bonds is 4. The molecule has 110 valence electrons. The van der Waals surface area contributed by atoms with E-state index in [4.69, 9.17) is 15.9 Å². The van der Waals surface area contributed by atoms with Gasteiger partial charge in [-0.3, -0.25) is 5.41 Å². The zero-order chi connectivity index (χ0) is 15.6. The smallest absolute Gasteiger partial charge is 0.165 e. The van der Waals surface area contributed by atoms with Crippen LogP contribution in [0, 0.1) is 22.9 Å². The van der Waals surface area contributed by atoms with Gasteiger partial charge in [-0.2, -0.15) is 0 Å². The number of hydrogen-bond donors (Lipinski definition) is 2. The van der Waals surface area contributed by atoms with E-state index in [-0.39, 0.29) is 27.2 Å². The monoisotopic (exact) mass is 358 g/mol. The van der Waals surface area contributed by atoms with E-state index < -0.39 is 24.1 Å². The van der Waals surface area contributed by atoms with E-state index in [2.05, 4.69) is 15.9 Å². The quantitative estimate of drug-likeness (QED) is 0.497. The fourth-order valence-corrected chi connectivity index (χ4v) is 2.01. The topological polar surface area (TPSA) is 59.1 Å². The highest BCUT2D eigenvalue weighted by Gasteiger charge is 2.14. The Morgan fingerprint density at radius 2 is 1.86 bits per heavy atom. The normalized spacial score (nSPS) is 10.5. The van der Waals surface area contributed by atoms with Crippen LogP contribution in [0.2, 0.25) is 0 Å². The lowest BCUT2D eigenvalue weighted by molar-refractivity contribution is 0.278. The molecule has 0 atom stereocenters. The van der Waals surface area contributed by atoms with Crippen molar-refractivity contribution in [2.24, 2.45) is 5.73 Å². The van der Waals surface area contributed by atoms with Crippen LogP contribution in [0.15, 0.2) is 34.8 Å². The maximum Gasteiger partial charge on any atom is 0.165 e. The second-order valence-corrected chi connectivity index (χ2v) is 5.02. The van der Waals surface area contributed by atoms with E-state index in [9.17, 15) is 13.2 Å². The van der Waals surface area contributed by atoms with Gasteiger partial charge in [0.1, 0.15) is 24.1 Å². The van der Waals surface area contributed by atoms with E-state index >= 15 is 0 Å². The molecule has 2 rings (SSSR count). The molecule has 0 aliphatic rings. The Kier molecular flexibility index (Phi) is 4.52. The fraction of sp³-hybridized carbons (Fsp3) is 0.0714. The summed E-state index contributed by atoms with van der Waals surface area (Å²) in [7, 11) is 0. The maximum absolute atomic E-state index is 13.7. The first-order valence-corrected chi connectivity index (χ1v) is 6.58. The fourth-order valence-electron chi connectivity index (χ4n) is 1.64. The van der Waals surface area contributed by atoms with Crippen LogP contribution < -0.4 is 10.5 Å². The summed E-state index contributed by atoms with van der Waals surface area (Å²) in [6.07, 6.45) is 0. The SMILES string of the molecule is N=C(N)c1ccc(OCc2c(F)ccc(Br)c2F)c(F)c1. The summed E-state index contributed by atoms with van der Waals surface area (Å²) < 4.78 is 46.2. The van der Waals surface area contributed by atoms with Crippen LogP contribution in [0.5, 0.6) is 5.75 Å². The third kappa shape index (κ3) is 3.36. The van der Waals surface area contributed by atoms with Crippen molar-refractivity contribution in [1.82, 2.24) is 0 Å². The van der Waals surface area contributed by atoms with Gasteiger partial charge < -0.3 is 10.5 Å². The van der Waals surface area contributed by atoms with Crippen molar-refractivity contribution in [2.45, 2.75) is 6.61 Å². The summed E-state index contributed by atoms with van der Waals surface area (Å²) in [5.41, 5.74) is 5.11. The molecule has 0 heterocycles. The number of nitrogens with two attached hydrogens (primary N) is 1. The molecule has 0 amide bonds. The van der Waals surface area contributed by atoms with Crippen LogP contribution >= 0.6 is 15.9 Å². The van der Waals surface area contributed by atoms with Crippen LogP contribution in [0.4, 0.5) is 13.2 Å². The molecular formula is C14H10BrF3N2O. The van der Waals surface area contributed by atoms with Crippen molar-refractivity contribution in [3.8, 4) is 5.75 Å². The molecule has 3 nitrogen and oxygen atoms in total. The standard InChI is InChI=1S/C14H10BrF3N2O/c15-9-2-3-10(16)8(13(9)18)6-21-12-4-1-7(14(19)20)5-11(12)17/h1-5H,6H2,(H3,19,20). The molecule has 0 unspecified atom stereocenters. The summed E-state index contributed by atoms with van der Waals surface area (Å²) in [5, 5.41) is 7.18. The Morgan fingerprint density at radius 3 is 2.48 bits per heavy atom. The molecule has 0 radical (unpaired) electrons. The Bertz CT molecular complexity index is 707. The molecule has 7 heteroatoms. The Labute approximate surface area is 127 Å². The number of nitrogens with one attached hydrogen (secondary N) is 1. The summed E-state index contributed by atoms with van der Waals surface area (Å²) in [6, 6.07) is 5.97. The molecule has 0 fully saturated rings. The number of hydrogen-bond acceptors (Lipinski definition) is 2. The number of benzene rings is 2. The molecule has 21 heavy (non-hydrogen) atoms. The second-order valence-electron chi connectivity index (χ2n) is 4.17. The lowest BCUT2D eigenvalue weighted by atomic mass is 10.2. The summed E-state index contributed by atoms with van der Waals surface area (Å²) in [6.45, 7) is -0.465. The van der Waals surface area contributed by atoms with Gasteiger partial charge in [0.15, 0.2) is 11.6 Å². The third-order valence-corrected chi connectivity index (χ3v) is 3.37. The van der Waals surface area contributed by atoms with Crippen molar-refractivity contribution < 1.29 is 17.9 Å². The van der Waals surface area contributed by atoms with Gasteiger partial charge in [-0.25, -0.2) is 13.2 Å². The highest BCUT2D eigenvalue weighted by Crippen LogP contribution is 2.24. The first-order valence-electron chi connectivity index (χ1n) is 5.79. The van der Waals surface area contributed by atoms with Gasteiger partial charge in [0, 0.05) is 5.56 Å². The highest BCUT2D eigenvalue weighted by molar-refractivity contribution is 9.10. The minimum absolute atomic E-state index is 0.0925. The Morgan fingerprint density at radius 1 is 1.14 bits per heavy atom. The van der Waals surface area contributed by atoms with Crippen molar-refractivity contribution in [1.29, 1.82) is 5.41 Å². The molecule has 0 saturated heterocycles. The maximum atomic E-state index is 13.7. The number of amidine groups is 1. The average Bonchev–Trinajstić information content (AvgIpc) is 2.44. The van der Waals surface area contributed by atoms with Crippen molar-refractivity contribution in [3.05, 3.63) is 63.4 Å². The molecule has 0 aliphatic carbocycles. The zero-order valence-electron chi connectivity index (χ0n) is 10.6. The molecule has 0 aliphatic heterocycles. The lowest BCUT2D eigenvalue weighted by Gasteiger charge is -2.10. The average molecular weight is 359 g/mol. The van der Waals surface area contributed by atoms with E-state index in [1.165, 1.54) is 18.2 Å². The van der Waals surface area contributed by atoms with Gasteiger partial charge in [-0.15, -0.1) is 0 Å². The molecule has 3 N–H and O–H groups in total. The molecule has 2 aromatic rings. The molecule has 0 bridgehead atoms. The third-order valence-electron chi connectivity index (χ3n) is 2.75. The Balaban J connectivity index is 2.21. The highest BCUT2D eigenvalue weighted by atomic mass is 79.9.